The van der Waals surface area contributed by atoms with Crippen LogP contribution in [0.2, 0.25) is 0 Å². The zero-order chi connectivity index (χ0) is 11.9. The van der Waals surface area contributed by atoms with Crippen molar-refractivity contribution in [1.29, 1.82) is 0 Å². The average Bonchev–Trinajstić information content (AvgIpc) is 1.97. The van der Waals surface area contributed by atoms with Crippen molar-refractivity contribution in [2.45, 2.75) is 57.7 Å². The van der Waals surface area contributed by atoms with E-state index in [1.165, 1.54) is 0 Å². The van der Waals surface area contributed by atoms with Crippen molar-refractivity contribution < 1.29 is 29.6 Å². The molecule has 0 aromatic carbocycles. The maximum Gasteiger partial charge on any atom is 1.00 e. The summed E-state index contributed by atoms with van der Waals surface area (Å²) in [5.41, 5.74) is 0.388. The molecule has 0 spiro atoms. The molecule has 0 bridgehead atoms. The standard InChI is InChI=1S/C11H22N2S2.Na/c1-10(2)6-8(12-9(14)15)7-11(3,4)13(10)5;/h8H,6-7H2,1-5H3,(H2,12,14,15);/q;+1/p-1. The summed E-state index contributed by atoms with van der Waals surface area (Å²) in [6.07, 6.45) is 2.17. The van der Waals surface area contributed by atoms with Crippen LogP contribution in [0.15, 0.2) is 0 Å². The third-order valence-electron chi connectivity index (χ3n) is 3.63. The predicted molar refractivity (Wildman–Crippen MR) is 72.0 cm³/mol. The number of hydrogen-bond acceptors (Lipinski definition) is 3. The number of hydrogen-bond donors (Lipinski definition) is 1. The second kappa shape index (κ2) is 5.81. The van der Waals surface area contributed by atoms with E-state index in [1.54, 1.807) is 0 Å². The largest absolute Gasteiger partial charge is 1.00 e. The molecular formula is C11H21N2NaS2. The van der Waals surface area contributed by atoms with E-state index >= 15 is 0 Å². The van der Waals surface area contributed by atoms with Gasteiger partial charge in [-0.3, -0.25) is 4.90 Å². The van der Waals surface area contributed by atoms with Crippen molar-refractivity contribution in [2.24, 2.45) is 0 Å². The summed E-state index contributed by atoms with van der Waals surface area (Å²) in [6, 6.07) is 0.413. The van der Waals surface area contributed by atoms with Gasteiger partial charge in [0.1, 0.15) is 0 Å². The third kappa shape index (κ3) is 4.07. The second-order valence-corrected chi connectivity index (χ2v) is 6.80. The molecule has 0 aliphatic carbocycles. The van der Waals surface area contributed by atoms with Crippen LogP contribution in [-0.2, 0) is 12.6 Å². The van der Waals surface area contributed by atoms with E-state index in [4.69, 9.17) is 24.8 Å². The Bertz CT molecular complexity index is 249. The fourth-order valence-corrected chi connectivity index (χ4v) is 2.97. The molecule has 0 saturated carbocycles. The van der Waals surface area contributed by atoms with E-state index in [9.17, 15) is 0 Å². The van der Waals surface area contributed by atoms with E-state index in [2.05, 4.69) is 45.0 Å². The van der Waals surface area contributed by atoms with E-state index in [-0.39, 0.29) is 40.6 Å². The number of nitrogens with one attached hydrogen (secondary N) is 1. The fourth-order valence-electron chi connectivity index (χ4n) is 2.64. The third-order valence-corrected chi connectivity index (χ3v) is 3.87. The van der Waals surface area contributed by atoms with Crippen molar-refractivity contribution in [2.75, 3.05) is 7.05 Å². The number of piperidine rings is 1. The first-order valence-corrected chi connectivity index (χ1v) is 6.18. The molecular weight excluding hydrogens is 247 g/mol. The smallest absolute Gasteiger partial charge is 0.412 e. The van der Waals surface area contributed by atoms with Crippen LogP contribution in [0.5, 0.6) is 0 Å². The monoisotopic (exact) mass is 268 g/mol. The van der Waals surface area contributed by atoms with Gasteiger partial charge in [0.25, 0.3) is 0 Å². The molecule has 1 aliphatic heterocycles. The molecule has 1 fully saturated rings. The zero-order valence-corrected chi connectivity index (χ0v) is 14.9. The van der Waals surface area contributed by atoms with Crippen LogP contribution in [0.4, 0.5) is 0 Å². The van der Waals surface area contributed by atoms with Gasteiger partial charge in [-0.25, -0.2) is 0 Å². The van der Waals surface area contributed by atoms with Gasteiger partial charge in [0.2, 0.25) is 0 Å². The maximum atomic E-state index is 4.95. The van der Waals surface area contributed by atoms with Crippen LogP contribution in [0.3, 0.4) is 0 Å². The maximum absolute atomic E-state index is 4.95. The Labute approximate surface area is 133 Å². The zero-order valence-electron chi connectivity index (χ0n) is 11.3. The van der Waals surface area contributed by atoms with E-state index < -0.39 is 0 Å². The van der Waals surface area contributed by atoms with Gasteiger partial charge in [-0.05, 0) is 47.6 Å². The molecule has 0 amide bonds. The minimum atomic E-state index is 0. The normalized spacial score (nSPS) is 24.6. The Morgan fingerprint density at radius 2 is 1.62 bits per heavy atom. The van der Waals surface area contributed by atoms with Crippen LogP contribution in [-0.4, -0.2) is 33.4 Å². The molecule has 0 aromatic heterocycles. The summed E-state index contributed by atoms with van der Waals surface area (Å²) in [5.74, 6) is 0. The predicted octanol–water partition coefficient (Wildman–Crippen LogP) is -0.937. The molecule has 2 nitrogen and oxygen atoms in total. The first-order valence-electron chi connectivity index (χ1n) is 5.36. The second-order valence-electron chi connectivity index (χ2n) is 5.72. The van der Waals surface area contributed by atoms with Crippen LogP contribution in [0.1, 0.15) is 40.5 Å². The molecule has 1 N–H and O–H groups in total. The van der Waals surface area contributed by atoms with Gasteiger partial charge in [0.15, 0.2) is 0 Å². The average molecular weight is 268 g/mol. The Morgan fingerprint density at radius 3 is 1.94 bits per heavy atom. The summed E-state index contributed by atoms with van der Waals surface area (Å²) in [5, 5.41) is 3.23. The molecule has 5 heteroatoms. The molecule has 16 heavy (non-hydrogen) atoms. The molecule has 0 aromatic rings. The van der Waals surface area contributed by atoms with Gasteiger partial charge in [0, 0.05) is 17.1 Å². The van der Waals surface area contributed by atoms with E-state index in [1.807, 2.05) is 0 Å². The first-order chi connectivity index (χ1) is 6.65. The number of rotatable bonds is 1. The SMILES string of the molecule is CN1C(C)(C)CC(NC(=S)[S-])CC1(C)C.[Na+]. The molecule has 1 rings (SSSR count). The summed E-state index contributed by atoms with van der Waals surface area (Å²) in [4.78, 5) is 2.45. The molecule has 1 aliphatic rings. The van der Waals surface area contributed by atoms with Crippen molar-refractivity contribution in [3.05, 3.63) is 0 Å². The van der Waals surface area contributed by atoms with Crippen molar-refractivity contribution in [1.82, 2.24) is 10.2 Å². The summed E-state index contributed by atoms with van der Waals surface area (Å²) < 4.78 is 0.496. The van der Waals surface area contributed by atoms with Crippen LogP contribution in [0, 0.1) is 0 Å². The van der Waals surface area contributed by atoms with Crippen molar-refractivity contribution in [3.8, 4) is 0 Å². The Kier molecular flexibility index (Phi) is 6.20. The number of likely N-dealkylation sites (tertiary alicyclic amines) is 1. The molecule has 0 atom stereocenters. The van der Waals surface area contributed by atoms with Gasteiger partial charge in [0.05, 0.1) is 0 Å². The summed E-state index contributed by atoms with van der Waals surface area (Å²) in [7, 11) is 2.20. The summed E-state index contributed by atoms with van der Waals surface area (Å²) in [6.45, 7) is 9.09. The topological polar surface area (TPSA) is 15.3 Å². The number of nitrogens with zero attached hydrogens (tertiary/aromatic N) is 1. The van der Waals surface area contributed by atoms with Gasteiger partial charge in [-0.15, -0.1) is 0 Å². The Balaban J connectivity index is 0.00000225. The van der Waals surface area contributed by atoms with Crippen molar-refractivity contribution in [3.63, 3.8) is 0 Å². The number of thiocarbonyl (C=S) groups is 1. The quantitative estimate of drug-likeness (QED) is 0.375. The van der Waals surface area contributed by atoms with Crippen LogP contribution in [0.25, 0.3) is 0 Å². The van der Waals surface area contributed by atoms with Gasteiger partial charge in [-0.2, -0.15) is 0 Å². The van der Waals surface area contributed by atoms with Crippen LogP contribution >= 0.6 is 12.2 Å². The van der Waals surface area contributed by atoms with Crippen LogP contribution < -0.4 is 34.9 Å². The van der Waals surface area contributed by atoms with E-state index in [0.29, 0.717) is 10.4 Å². The molecule has 0 radical (unpaired) electrons. The minimum absolute atomic E-state index is 0. The Morgan fingerprint density at radius 1 is 1.25 bits per heavy atom. The van der Waals surface area contributed by atoms with Gasteiger partial charge in [-0.1, -0.05) is 4.32 Å². The fraction of sp³-hybridized carbons (Fsp3) is 0.909. The Hall–Kier alpha value is 1.07. The minimum Gasteiger partial charge on any atom is -0.412 e. The summed E-state index contributed by atoms with van der Waals surface area (Å²) >= 11 is 9.89. The van der Waals surface area contributed by atoms with Gasteiger partial charge < -0.3 is 30.2 Å². The first kappa shape index (κ1) is 17.1. The molecule has 1 heterocycles. The van der Waals surface area contributed by atoms with Crippen molar-refractivity contribution >= 4 is 29.2 Å². The molecule has 88 valence electrons. The van der Waals surface area contributed by atoms with E-state index in [0.717, 1.165) is 12.8 Å². The van der Waals surface area contributed by atoms with Gasteiger partial charge >= 0.3 is 29.6 Å². The molecule has 0 unspecified atom stereocenters. The molecule has 1 saturated heterocycles.